The van der Waals surface area contributed by atoms with E-state index in [-0.39, 0.29) is 48.0 Å². The van der Waals surface area contributed by atoms with Crippen LogP contribution in [0.15, 0.2) is 36.5 Å². The van der Waals surface area contributed by atoms with Crippen LogP contribution >= 0.6 is 0 Å². The summed E-state index contributed by atoms with van der Waals surface area (Å²) in [6.07, 6.45) is 9.60. The fourth-order valence-electron chi connectivity index (χ4n) is 6.23. The van der Waals surface area contributed by atoms with Crippen molar-refractivity contribution in [2.75, 3.05) is 44.2 Å². The Balaban J connectivity index is 1.22. The van der Waals surface area contributed by atoms with Gasteiger partial charge in [0.2, 0.25) is 11.8 Å². The van der Waals surface area contributed by atoms with Crippen LogP contribution in [0.2, 0.25) is 0 Å². The Kier molecular flexibility index (Phi) is 7.18. The molecule has 35 heavy (non-hydrogen) atoms. The minimum atomic E-state index is -0.511. The van der Waals surface area contributed by atoms with E-state index in [4.69, 9.17) is 4.74 Å². The predicted molar refractivity (Wildman–Crippen MR) is 131 cm³/mol. The molecule has 2 aliphatic heterocycles. The number of rotatable bonds is 10. The maximum atomic E-state index is 13.2. The van der Waals surface area contributed by atoms with Crippen LogP contribution in [0.3, 0.4) is 0 Å². The molecule has 4 aliphatic rings. The molecule has 1 aromatic heterocycles. The third-order valence-corrected chi connectivity index (χ3v) is 8.04. The molecule has 8 heteroatoms. The number of ether oxygens (including phenoxy) is 1. The summed E-state index contributed by atoms with van der Waals surface area (Å²) in [5.41, 5.74) is 0. The average molecular weight is 481 g/mol. The number of amides is 2. The van der Waals surface area contributed by atoms with Crippen molar-refractivity contribution in [2.24, 2.45) is 23.7 Å². The number of anilines is 1. The van der Waals surface area contributed by atoms with Crippen molar-refractivity contribution in [3.05, 3.63) is 36.5 Å². The van der Waals surface area contributed by atoms with E-state index in [1.807, 2.05) is 18.2 Å². The lowest BCUT2D eigenvalue weighted by atomic mass is 9.85. The highest BCUT2D eigenvalue weighted by Gasteiger charge is 2.59. The molecule has 2 aliphatic carbocycles. The molecule has 0 spiro atoms. The first-order chi connectivity index (χ1) is 17.0. The molecule has 5 rings (SSSR count). The number of carbonyl (C=O) groups excluding carboxylic acids is 3. The SMILES string of the molecule is CCCCCC(=O)OC(CN1CCN(c2ccccn2)CC1)CN1C(=O)C2C3C=C[C@@H](C3)[C@@H]2C1=O. The fraction of sp³-hybridized carbons (Fsp3) is 0.630. The minimum Gasteiger partial charge on any atom is -0.459 e. The Bertz CT molecular complexity index is 929. The van der Waals surface area contributed by atoms with Gasteiger partial charge in [-0.2, -0.15) is 0 Å². The molecule has 8 nitrogen and oxygen atoms in total. The minimum absolute atomic E-state index is 0.0798. The highest BCUT2D eigenvalue weighted by molar-refractivity contribution is 6.06. The van der Waals surface area contributed by atoms with E-state index >= 15 is 0 Å². The smallest absolute Gasteiger partial charge is 0.306 e. The van der Waals surface area contributed by atoms with Crippen molar-refractivity contribution in [1.29, 1.82) is 0 Å². The number of imide groups is 1. The van der Waals surface area contributed by atoms with Crippen molar-refractivity contribution < 1.29 is 19.1 Å². The van der Waals surface area contributed by atoms with Crippen LogP contribution < -0.4 is 4.90 Å². The number of likely N-dealkylation sites (tertiary alicyclic amines) is 1. The molecule has 0 aromatic carbocycles. The van der Waals surface area contributed by atoms with Gasteiger partial charge in [0, 0.05) is 45.3 Å². The first-order valence-electron chi connectivity index (χ1n) is 13.2. The van der Waals surface area contributed by atoms with Gasteiger partial charge in [0.05, 0.1) is 18.4 Å². The summed E-state index contributed by atoms with van der Waals surface area (Å²) >= 11 is 0. The highest BCUT2D eigenvalue weighted by Crippen LogP contribution is 2.52. The summed E-state index contributed by atoms with van der Waals surface area (Å²) < 4.78 is 5.89. The zero-order chi connectivity index (χ0) is 24.4. The molecule has 0 radical (unpaired) electrons. The van der Waals surface area contributed by atoms with E-state index in [2.05, 4.69) is 33.9 Å². The fourth-order valence-corrected chi connectivity index (χ4v) is 6.23. The number of esters is 1. The number of hydrogen-bond donors (Lipinski definition) is 0. The van der Waals surface area contributed by atoms with Crippen LogP contribution in [0.4, 0.5) is 5.82 Å². The van der Waals surface area contributed by atoms with Gasteiger partial charge in [0.15, 0.2) is 0 Å². The number of fused-ring (bicyclic) bond motifs is 5. The van der Waals surface area contributed by atoms with E-state index in [1.165, 1.54) is 4.90 Å². The lowest BCUT2D eigenvalue weighted by Crippen LogP contribution is -2.51. The monoisotopic (exact) mass is 480 g/mol. The molecule has 2 saturated heterocycles. The largest absolute Gasteiger partial charge is 0.459 e. The van der Waals surface area contributed by atoms with Crippen LogP contribution in [0.25, 0.3) is 0 Å². The molecule has 0 N–H and O–H groups in total. The van der Waals surface area contributed by atoms with Crippen LogP contribution in [0.1, 0.15) is 39.0 Å². The van der Waals surface area contributed by atoms with E-state index in [0.717, 1.165) is 57.7 Å². The van der Waals surface area contributed by atoms with Gasteiger partial charge in [-0.05, 0) is 36.8 Å². The van der Waals surface area contributed by atoms with Gasteiger partial charge in [-0.25, -0.2) is 4.98 Å². The summed E-state index contributed by atoms with van der Waals surface area (Å²) in [5, 5.41) is 0. The maximum Gasteiger partial charge on any atom is 0.306 e. The molecular formula is C27H36N4O4. The Morgan fingerprint density at radius 1 is 1.03 bits per heavy atom. The third kappa shape index (κ3) is 4.99. The second-order valence-corrected chi connectivity index (χ2v) is 10.3. The Morgan fingerprint density at radius 2 is 1.74 bits per heavy atom. The number of allylic oxidation sites excluding steroid dienone is 2. The molecule has 2 bridgehead atoms. The molecule has 3 unspecified atom stereocenters. The van der Waals surface area contributed by atoms with Crippen LogP contribution in [0.5, 0.6) is 0 Å². The Morgan fingerprint density at radius 3 is 2.37 bits per heavy atom. The summed E-state index contributed by atoms with van der Waals surface area (Å²) in [4.78, 5) is 49.4. The van der Waals surface area contributed by atoms with Crippen LogP contribution in [-0.2, 0) is 19.1 Å². The van der Waals surface area contributed by atoms with Gasteiger partial charge in [0.25, 0.3) is 0 Å². The van der Waals surface area contributed by atoms with Crippen LogP contribution in [-0.4, -0.2) is 77.9 Å². The molecule has 2 amide bonds. The van der Waals surface area contributed by atoms with Gasteiger partial charge >= 0.3 is 5.97 Å². The summed E-state index contributed by atoms with van der Waals surface area (Å²) in [5.74, 6) is 0.487. The molecular weight excluding hydrogens is 444 g/mol. The molecule has 3 fully saturated rings. The van der Waals surface area contributed by atoms with Crippen molar-refractivity contribution in [2.45, 2.75) is 45.1 Å². The van der Waals surface area contributed by atoms with Crippen LogP contribution in [0, 0.1) is 23.7 Å². The number of hydrogen-bond acceptors (Lipinski definition) is 7. The van der Waals surface area contributed by atoms with Gasteiger partial charge in [0.1, 0.15) is 11.9 Å². The van der Waals surface area contributed by atoms with Crippen molar-refractivity contribution in [3.8, 4) is 0 Å². The number of nitrogens with zero attached hydrogens (tertiary/aromatic N) is 4. The molecule has 188 valence electrons. The second kappa shape index (κ2) is 10.5. The topological polar surface area (TPSA) is 83.1 Å². The van der Waals surface area contributed by atoms with Gasteiger partial charge in [-0.3, -0.25) is 24.2 Å². The van der Waals surface area contributed by atoms with E-state index < -0.39 is 6.10 Å². The molecule has 3 heterocycles. The average Bonchev–Trinajstić information content (AvgIpc) is 3.55. The number of pyridine rings is 1. The van der Waals surface area contributed by atoms with Crippen molar-refractivity contribution in [3.63, 3.8) is 0 Å². The Hall–Kier alpha value is -2.74. The van der Waals surface area contributed by atoms with E-state index in [9.17, 15) is 14.4 Å². The summed E-state index contributed by atoms with van der Waals surface area (Å²) in [6, 6.07) is 5.92. The third-order valence-electron chi connectivity index (χ3n) is 8.04. The number of piperazine rings is 1. The predicted octanol–water partition coefficient (Wildman–Crippen LogP) is 2.50. The lowest BCUT2D eigenvalue weighted by Gasteiger charge is -2.37. The zero-order valence-corrected chi connectivity index (χ0v) is 20.6. The normalized spacial score (nSPS) is 28.6. The summed E-state index contributed by atoms with van der Waals surface area (Å²) in [6.45, 7) is 6.05. The molecule has 5 atom stereocenters. The number of unbranched alkanes of at least 4 members (excludes halogenated alkanes) is 2. The number of aromatic nitrogens is 1. The first-order valence-corrected chi connectivity index (χ1v) is 13.2. The highest BCUT2D eigenvalue weighted by atomic mass is 16.5. The zero-order valence-electron chi connectivity index (χ0n) is 20.6. The second-order valence-electron chi connectivity index (χ2n) is 10.3. The Labute approximate surface area is 207 Å². The molecule has 1 saturated carbocycles. The standard InChI is InChI=1S/C27H36N4O4/c1-2-3-4-8-23(32)35-21(17-29-12-14-30(15-13-29)22-7-5-6-11-28-22)18-31-26(33)24-19-9-10-20(16-19)25(24)27(31)34/h5-7,9-11,19-21,24-25H,2-4,8,12-18H2,1H3/t19-,20?,21?,24-,25?/m0/s1. The van der Waals surface area contributed by atoms with Crippen molar-refractivity contribution in [1.82, 2.24) is 14.8 Å². The quantitative estimate of drug-likeness (QED) is 0.220. The summed E-state index contributed by atoms with van der Waals surface area (Å²) in [7, 11) is 0. The molecule has 1 aromatic rings. The van der Waals surface area contributed by atoms with Gasteiger partial charge in [-0.1, -0.05) is 38.0 Å². The van der Waals surface area contributed by atoms with Crippen molar-refractivity contribution >= 4 is 23.6 Å². The lowest BCUT2D eigenvalue weighted by molar-refractivity contribution is -0.155. The van der Waals surface area contributed by atoms with Gasteiger partial charge in [-0.15, -0.1) is 0 Å². The number of carbonyl (C=O) groups is 3. The van der Waals surface area contributed by atoms with Gasteiger partial charge < -0.3 is 9.64 Å². The van der Waals surface area contributed by atoms with E-state index in [0.29, 0.717) is 13.0 Å². The first kappa shape index (κ1) is 24.0. The van der Waals surface area contributed by atoms with E-state index in [1.54, 1.807) is 6.20 Å². The maximum absolute atomic E-state index is 13.2.